The lowest BCUT2D eigenvalue weighted by Crippen LogP contribution is -2.46. The lowest BCUT2D eigenvalue weighted by molar-refractivity contribution is -0.127. The van der Waals surface area contributed by atoms with Crippen molar-refractivity contribution in [1.29, 1.82) is 0 Å². The highest BCUT2D eigenvalue weighted by molar-refractivity contribution is 6.00. The highest BCUT2D eigenvalue weighted by Gasteiger charge is 2.49. The third-order valence-corrected chi connectivity index (χ3v) is 9.68. The molecule has 0 aliphatic carbocycles. The predicted molar refractivity (Wildman–Crippen MR) is 148 cm³/mol. The Morgan fingerprint density at radius 3 is 2.08 bits per heavy atom. The van der Waals surface area contributed by atoms with E-state index in [4.69, 9.17) is 0 Å². The van der Waals surface area contributed by atoms with E-state index in [1.54, 1.807) is 4.90 Å². The molecule has 2 amide bonds. The van der Waals surface area contributed by atoms with Gasteiger partial charge in [0.1, 0.15) is 5.82 Å². The van der Waals surface area contributed by atoms with Crippen LogP contribution < -0.4 is 9.80 Å². The molecule has 202 valence electrons. The third kappa shape index (κ3) is 4.70. The number of hydrogen-bond acceptors (Lipinski definition) is 4. The summed E-state index contributed by atoms with van der Waals surface area (Å²) in [6.45, 7) is 7.65. The molecule has 0 aromatic heterocycles. The molecular weight excluding hydrogens is 479 g/mol. The molecule has 38 heavy (non-hydrogen) atoms. The molecule has 0 saturated carbocycles. The summed E-state index contributed by atoms with van der Waals surface area (Å²) in [5, 5.41) is 0. The van der Waals surface area contributed by atoms with E-state index in [0.717, 1.165) is 43.8 Å². The first-order valence-electron chi connectivity index (χ1n) is 14.4. The van der Waals surface area contributed by atoms with Gasteiger partial charge in [0.05, 0.1) is 5.41 Å². The second-order valence-electron chi connectivity index (χ2n) is 11.7. The number of anilines is 2. The van der Waals surface area contributed by atoms with Crippen LogP contribution in [-0.4, -0.2) is 73.0 Å². The van der Waals surface area contributed by atoms with Gasteiger partial charge in [-0.2, -0.15) is 0 Å². The minimum Gasteiger partial charge on any atom is -0.371 e. The fourth-order valence-corrected chi connectivity index (χ4v) is 7.24. The van der Waals surface area contributed by atoms with Crippen LogP contribution in [0.1, 0.15) is 62.2 Å². The average molecular weight is 519 g/mol. The first-order chi connectivity index (χ1) is 18.4. The molecule has 0 unspecified atom stereocenters. The summed E-state index contributed by atoms with van der Waals surface area (Å²) >= 11 is 0. The van der Waals surface area contributed by atoms with E-state index in [-0.39, 0.29) is 23.0 Å². The molecule has 0 radical (unpaired) electrons. The summed E-state index contributed by atoms with van der Waals surface area (Å²) in [6, 6.07) is 15.7. The fourth-order valence-electron chi connectivity index (χ4n) is 7.24. The quantitative estimate of drug-likeness (QED) is 0.576. The maximum Gasteiger partial charge on any atom is 0.253 e. The SMILES string of the molecule is C[C@H]1CCCN1C1CCN(c2ccc(N3CCC4(CCN(C(=O)c5ccc(F)cc5)CC4)C3=O)cc2)CC1. The van der Waals surface area contributed by atoms with E-state index < -0.39 is 0 Å². The Bertz CT molecular complexity index is 1150. The smallest absolute Gasteiger partial charge is 0.253 e. The van der Waals surface area contributed by atoms with Crippen LogP contribution >= 0.6 is 0 Å². The Morgan fingerprint density at radius 2 is 1.45 bits per heavy atom. The van der Waals surface area contributed by atoms with Crippen molar-refractivity contribution >= 4 is 23.2 Å². The van der Waals surface area contributed by atoms with E-state index in [2.05, 4.69) is 41.0 Å². The maximum absolute atomic E-state index is 13.6. The van der Waals surface area contributed by atoms with Crippen molar-refractivity contribution in [2.24, 2.45) is 5.41 Å². The molecule has 1 atom stereocenters. The normalized spacial score (nSPS) is 24.5. The van der Waals surface area contributed by atoms with Gasteiger partial charge in [-0.1, -0.05) is 0 Å². The zero-order chi connectivity index (χ0) is 26.3. The maximum atomic E-state index is 13.6. The number of carbonyl (C=O) groups excluding carboxylic acids is 2. The Hall–Kier alpha value is -2.93. The summed E-state index contributed by atoms with van der Waals surface area (Å²) < 4.78 is 13.2. The van der Waals surface area contributed by atoms with Crippen molar-refractivity contribution in [2.45, 2.75) is 64.0 Å². The highest BCUT2D eigenvalue weighted by atomic mass is 19.1. The minimum atomic E-state index is -0.382. The van der Waals surface area contributed by atoms with E-state index >= 15 is 0 Å². The number of amides is 2. The molecule has 7 heteroatoms. The van der Waals surface area contributed by atoms with Crippen LogP contribution in [0.15, 0.2) is 48.5 Å². The van der Waals surface area contributed by atoms with Gasteiger partial charge in [-0.25, -0.2) is 4.39 Å². The third-order valence-electron chi connectivity index (χ3n) is 9.68. The molecule has 2 aromatic carbocycles. The molecule has 6 rings (SSSR count). The number of halogens is 1. The monoisotopic (exact) mass is 518 g/mol. The summed E-state index contributed by atoms with van der Waals surface area (Å²) in [5.74, 6) is -0.239. The number of rotatable bonds is 4. The largest absolute Gasteiger partial charge is 0.371 e. The van der Waals surface area contributed by atoms with E-state index in [1.165, 1.54) is 62.2 Å². The number of benzene rings is 2. The molecule has 4 aliphatic heterocycles. The van der Waals surface area contributed by atoms with Crippen molar-refractivity contribution in [1.82, 2.24) is 9.80 Å². The number of likely N-dealkylation sites (tertiary alicyclic amines) is 2. The topological polar surface area (TPSA) is 47.1 Å². The molecule has 4 saturated heterocycles. The second-order valence-corrected chi connectivity index (χ2v) is 11.7. The highest BCUT2D eigenvalue weighted by Crippen LogP contribution is 2.43. The van der Waals surface area contributed by atoms with E-state index in [9.17, 15) is 14.0 Å². The van der Waals surface area contributed by atoms with Crippen molar-refractivity contribution in [3.8, 4) is 0 Å². The predicted octanol–water partition coefficient (Wildman–Crippen LogP) is 4.94. The van der Waals surface area contributed by atoms with Gasteiger partial charge in [0.2, 0.25) is 5.91 Å². The Kier molecular flexibility index (Phi) is 6.89. The number of nitrogens with zero attached hydrogens (tertiary/aromatic N) is 4. The van der Waals surface area contributed by atoms with Crippen LogP contribution in [0, 0.1) is 11.2 Å². The van der Waals surface area contributed by atoms with Gasteiger partial charge in [-0.3, -0.25) is 14.5 Å². The van der Waals surface area contributed by atoms with Crippen LogP contribution in [0.4, 0.5) is 15.8 Å². The summed E-state index contributed by atoms with van der Waals surface area (Å²) in [7, 11) is 0. The average Bonchev–Trinajstić information content (AvgIpc) is 3.52. The molecule has 1 spiro atoms. The van der Waals surface area contributed by atoms with Gasteiger partial charge in [0, 0.05) is 61.7 Å². The standard InChI is InChI=1S/C31H39FN4O2/c1-23-3-2-17-35(23)28-12-18-33(19-13-28)26-8-10-27(11-9-26)36-22-16-31(30(36)38)14-20-34(21-15-31)29(37)24-4-6-25(32)7-5-24/h4-11,23,28H,2-3,12-22H2,1H3/t23-/m0/s1. The van der Waals surface area contributed by atoms with Gasteiger partial charge >= 0.3 is 0 Å². The fraction of sp³-hybridized carbons (Fsp3) is 0.548. The molecule has 4 aliphatic rings. The first-order valence-corrected chi connectivity index (χ1v) is 14.4. The van der Waals surface area contributed by atoms with E-state index in [1.807, 2.05) is 4.90 Å². The van der Waals surface area contributed by atoms with Gasteiger partial charge in [0.25, 0.3) is 5.91 Å². The van der Waals surface area contributed by atoms with Crippen LogP contribution in [0.5, 0.6) is 0 Å². The first kappa shape index (κ1) is 25.4. The molecule has 0 N–H and O–H groups in total. The number of carbonyl (C=O) groups is 2. The van der Waals surface area contributed by atoms with Crippen molar-refractivity contribution in [3.05, 3.63) is 59.9 Å². The molecule has 0 bridgehead atoms. The number of hydrogen-bond donors (Lipinski definition) is 0. The van der Waals surface area contributed by atoms with Crippen molar-refractivity contribution in [3.63, 3.8) is 0 Å². The molecule has 6 nitrogen and oxygen atoms in total. The zero-order valence-electron chi connectivity index (χ0n) is 22.4. The molecule has 2 aromatic rings. The van der Waals surface area contributed by atoms with Crippen LogP contribution in [0.25, 0.3) is 0 Å². The van der Waals surface area contributed by atoms with Crippen LogP contribution in [0.3, 0.4) is 0 Å². The minimum absolute atomic E-state index is 0.0864. The lowest BCUT2D eigenvalue weighted by Gasteiger charge is -2.39. The lowest BCUT2D eigenvalue weighted by atomic mass is 9.77. The Morgan fingerprint density at radius 1 is 0.816 bits per heavy atom. The van der Waals surface area contributed by atoms with Gasteiger partial charge in [-0.15, -0.1) is 0 Å². The summed E-state index contributed by atoms with van der Waals surface area (Å²) in [4.78, 5) is 35.4. The van der Waals surface area contributed by atoms with Gasteiger partial charge in [-0.05, 0) is 107 Å². The molecular formula is C31H39FN4O2. The molecule has 4 fully saturated rings. The Labute approximate surface area is 225 Å². The summed E-state index contributed by atoms with van der Waals surface area (Å²) in [5.41, 5.74) is 2.33. The zero-order valence-corrected chi connectivity index (χ0v) is 22.4. The summed E-state index contributed by atoms with van der Waals surface area (Å²) in [6.07, 6.45) is 7.31. The van der Waals surface area contributed by atoms with Gasteiger partial charge in [0.15, 0.2) is 0 Å². The van der Waals surface area contributed by atoms with Crippen molar-refractivity contribution < 1.29 is 14.0 Å². The van der Waals surface area contributed by atoms with E-state index in [0.29, 0.717) is 31.5 Å². The second kappa shape index (κ2) is 10.3. The molecule has 4 heterocycles. The van der Waals surface area contributed by atoms with Crippen molar-refractivity contribution in [2.75, 3.05) is 49.1 Å². The Balaban J connectivity index is 1.04. The van der Waals surface area contributed by atoms with Crippen LogP contribution in [0.2, 0.25) is 0 Å². The van der Waals surface area contributed by atoms with Crippen LogP contribution in [-0.2, 0) is 4.79 Å². The number of piperidine rings is 2. The van der Waals surface area contributed by atoms with Gasteiger partial charge < -0.3 is 14.7 Å².